The minimum atomic E-state index is -0.840. The van der Waals surface area contributed by atoms with Crippen LogP contribution in [0.15, 0.2) is 0 Å². The molecule has 1 saturated carbocycles. The molecule has 0 saturated heterocycles. The van der Waals surface area contributed by atoms with E-state index in [2.05, 4.69) is 13.8 Å². The predicted octanol–water partition coefficient (Wildman–Crippen LogP) is 2.21. The Kier molecular flexibility index (Phi) is 3.75. The van der Waals surface area contributed by atoms with Crippen LogP contribution in [0.2, 0.25) is 0 Å². The van der Waals surface area contributed by atoms with E-state index >= 15 is 0 Å². The molecule has 0 amide bonds. The van der Waals surface area contributed by atoms with Gasteiger partial charge in [-0.05, 0) is 38.0 Å². The van der Waals surface area contributed by atoms with Crippen LogP contribution in [0, 0.1) is 16.7 Å². The zero-order valence-corrected chi connectivity index (χ0v) is 10.0. The Morgan fingerprint density at radius 1 is 1.47 bits per heavy atom. The van der Waals surface area contributed by atoms with Gasteiger partial charge in [0.05, 0.1) is 18.8 Å². The molecule has 0 heterocycles. The van der Waals surface area contributed by atoms with Crippen molar-refractivity contribution in [3.8, 4) is 6.07 Å². The summed E-state index contributed by atoms with van der Waals surface area (Å²) in [5.41, 5.74) is 5.32. The van der Waals surface area contributed by atoms with Gasteiger partial charge >= 0.3 is 0 Å². The van der Waals surface area contributed by atoms with Gasteiger partial charge in [-0.15, -0.1) is 0 Å². The summed E-state index contributed by atoms with van der Waals surface area (Å²) in [6, 6.07) is 2.05. The van der Waals surface area contributed by atoms with Gasteiger partial charge in [0.2, 0.25) is 0 Å². The first-order valence-electron chi connectivity index (χ1n) is 5.66. The molecule has 0 bridgehead atoms. The van der Waals surface area contributed by atoms with E-state index in [9.17, 15) is 0 Å². The third-order valence-electron chi connectivity index (χ3n) is 3.16. The van der Waals surface area contributed by atoms with Gasteiger partial charge in [-0.1, -0.05) is 13.8 Å². The lowest BCUT2D eigenvalue weighted by Gasteiger charge is -2.34. The molecule has 1 atom stereocenters. The fourth-order valence-electron chi connectivity index (χ4n) is 1.86. The van der Waals surface area contributed by atoms with Gasteiger partial charge in [-0.3, -0.25) is 0 Å². The fourth-order valence-corrected chi connectivity index (χ4v) is 1.86. The Morgan fingerprint density at radius 2 is 2.00 bits per heavy atom. The fraction of sp³-hybridized carbons (Fsp3) is 0.917. The number of hydrogen-bond donors (Lipinski definition) is 1. The molecule has 86 valence electrons. The number of nitrogens with zero attached hydrogens (tertiary/aromatic N) is 1. The first kappa shape index (κ1) is 12.5. The highest BCUT2D eigenvalue weighted by atomic mass is 16.5. The maximum atomic E-state index is 8.75. The molecular weight excluding hydrogens is 188 g/mol. The van der Waals surface area contributed by atoms with Crippen molar-refractivity contribution in [1.82, 2.24) is 0 Å². The van der Waals surface area contributed by atoms with Crippen LogP contribution < -0.4 is 5.73 Å². The Hall–Kier alpha value is -0.590. The Balaban J connectivity index is 2.29. The summed E-state index contributed by atoms with van der Waals surface area (Å²) >= 11 is 0. The van der Waals surface area contributed by atoms with Crippen molar-refractivity contribution < 1.29 is 4.74 Å². The van der Waals surface area contributed by atoms with E-state index < -0.39 is 5.54 Å². The zero-order valence-electron chi connectivity index (χ0n) is 10.0. The third-order valence-corrected chi connectivity index (χ3v) is 3.16. The molecule has 15 heavy (non-hydrogen) atoms. The number of nitriles is 1. The largest absolute Gasteiger partial charge is 0.375 e. The van der Waals surface area contributed by atoms with Crippen molar-refractivity contribution in [3.05, 3.63) is 0 Å². The molecule has 1 aliphatic carbocycles. The lowest BCUT2D eigenvalue weighted by molar-refractivity contribution is -0.00793. The molecule has 0 aliphatic heterocycles. The Labute approximate surface area is 92.6 Å². The van der Waals surface area contributed by atoms with Gasteiger partial charge in [-0.2, -0.15) is 5.26 Å². The van der Waals surface area contributed by atoms with Crippen LogP contribution in [0.1, 0.15) is 46.5 Å². The van der Waals surface area contributed by atoms with Crippen LogP contribution in [-0.2, 0) is 4.74 Å². The van der Waals surface area contributed by atoms with Crippen molar-refractivity contribution >= 4 is 0 Å². The highest BCUT2D eigenvalue weighted by Gasteiger charge is 2.28. The molecule has 1 rings (SSSR count). The molecule has 0 aromatic carbocycles. The Bertz CT molecular complexity index is 243. The summed E-state index contributed by atoms with van der Waals surface area (Å²) in [6.45, 7) is 6.64. The van der Waals surface area contributed by atoms with Crippen LogP contribution in [0.3, 0.4) is 0 Å². The molecule has 3 nitrogen and oxygen atoms in total. The second-order valence-corrected chi connectivity index (χ2v) is 5.70. The summed E-state index contributed by atoms with van der Waals surface area (Å²) in [5.74, 6) is 0. The molecule has 1 unspecified atom stereocenters. The summed E-state index contributed by atoms with van der Waals surface area (Å²) in [6.07, 6.45) is 4.88. The summed E-state index contributed by atoms with van der Waals surface area (Å²) in [7, 11) is 0. The SMILES string of the molecule is CC(N)(C#N)COC1CCC(C)(C)CC1. The second-order valence-electron chi connectivity index (χ2n) is 5.70. The highest BCUT2D eigenvalue weighted by Crippen LogP contribution is 2.36. The van der Waals surface area contributed by atoms with Crippen LogP contribution in [-0.4, -0.2) is 18.2 Å². The number of hydrogen-bond acceptors (Lipinski definition) is 3. The van der Waals surface area contributed by atoms with E-state index in [0.717, 1.165) is 12.8 Å². The normalized spacial score (nSPS) is 25.5. The minimum absolute atomic E-state index is 0.300. The van der Waals surface area contributed by atoms with E-state index in [1.54, 1.807) is 6.92 Å². The van der Waals surface area contributed by atoms with Gasteiger partial charge in [0.1, 0.15) is 5.54 Å². The first-order chi connectivity index (χ1) is 6.85. The zero-order chi connectivity index (χ0) is 11.5. The van der Waals surface area contributed by atoms with Crippen molar-refractivity contribution in [3.63, 3.8) is 0 Å². The van der Waals surface area contributed by atoms with Gasteiger partial charge in [0.25, 0.3) is 0 Å². The van der Waals surface area contributed by atoms with E-state index in [4.69, 9.17) is 15.7 Å². The van der Waals surface area contributed by atoms with Crippen molar-refractivity contribution in [2.75, 3.05) is 6.61 Å². The van der Waals surface area contributed by atoms with Crippen molar-refractivity contribution in [2.24, 2.45) is 11.1 Å². The molecule has 1 aliphatic rings. The summed E-state index contributed by atoms with van der Waals surface area (Å²) in [4.78, 5) is 0. The van der Waals surface area contributed by atoms with Crippen LogP contribution in [0.5, 0.6) is 0 Å². The molecule has 0 spiro atoms. The van der Waals surface area contributed by atoms with E-state index in [1.807, 2.05) is 6.07 Å². The van der Waals surface area contributed by atoms with E-state index in [-0.39, 0.29) is 0 Å². The number of ether oxygens (including phenoxy) is 1. The molecule has 0 aromatic rings. The molecule has 3 heteroatoms. The molecule has 0 aromatic heterocycles. The summed E-state index contributed by atoms with van der Waals surface area (Å²) in [5, 5.41) is 8.75. The van der Waals surface area contributed by atoms with Crippen molar-refractivity contribution in [1.29, 1.82) is 5.26 Å². The maximum absolute atomic E-state index is 8.75. The highest BCUT2D eigenvalue weighted by molar-refractivity contribution is 5.01. The molecule has 0 radical (unpaired) electrons. The average molecular weight is 210 g/mol. The van der Waals surface area contributed by atoms with Gasteiger partial charge in [0.15, 0.2) is 0 Å². The summed E-state index contributed by atoms with van der Waals surface area (Å²) < 4.78 is 5.68. The maximum Gasteiger partial charge on any atom is 0.125 e. The smallest absolute Gasteiger partial charge is 0.125 e. The Morgan fingerprint density at radius 3 is 2.47 bits per heavy atom. The van der Waals surface area contributed by atoms with Gasteiger partial charge < -0.3 is 10.5 Å². The average Bonchev–Trinajstić information content (AvgIpc) is 2.16. The standard InChI is InChI=1S/C12H22N2O/c1-11(2)6-4-10(5-7-11)15-9-12(3,14)8-13/h10H,4-7,9,14H2,1-3H3. The van der Waals surface area contributed by atoms with Gasteiger partial charge in [0, 0.05) is 0 Å². The minimum Gasteiger partial charge on any atom is -0.375 e. The lowest BCUT2D eigenvalue weighted by atomic mass is 9.76. The number of rotatable bonds is 3. The first-order valence-corrected chi connectivity index (χ1v) is 5.66. The topological polar surface area (TPSA) is 59.0 Å². The van der Waals surface area contributed by atoms with Crippen LogP contribution in [0.4, 0.5) is 0 Å². The molecule has 1 fully saturated rings. The second kappa shape index (κ2) is 4.51. The third kappa shape index (κ3) is 4.19. The van der Waals surface area contributed by atoms with E-state index in [0.29, 0.717) is 18.1 Å². The van der Waals surface area contributed by atoms with Crippen molar-refractivity contribution in [2.45, 2.75) is 58.1 Å². The molecular formula is C12H22N2O. The number of nitrogens with two attached hydrogens (primary N) is 1. The van der Waals surface area contributed by atoms with E-state index in [1.165, 1.54) is 12.8 Å². The van der Waals surface area contributed by atoms with Gasteiger partial charge in [-0.25, -0.2) is 0 Å². The van der Waals surface area contributed by atoms with Crippen LogP contribution in [0.25, 0.3) is 0 Å². The quantitative estimate of drug-likeness (QED) is 0.777. The lowest BCUT2D eigenvalue weighted by Crippen LogP contribution is -2.41. The molecule has 2 N–H and O–H groups in total. The van der Waals surface area contributed by atoms with Crippen LogP contribution >= 0.6 is 0 Å². The predicted molar refractivity (Wildman–Crippen MR) is 60.2 cm³/mol. The monoisotopic (exact) mass is 210 g/mol.